The smallest absolute Gasteiger partial charge is 0.220 e. The molecule has 0 aliphatic rings. The molecule has 1 heterocycles. The van der Waals surface area contributed by atoms with Gasteiger partial charge in [-0.1, -0.05) is 58.4 Å². The Hall–Kier alpha value is -2.40. The Kier molecular flexibility index (Phi) is 6.82. The maximum absolute atomic E-state index is 12.2. The number of hydrogen-bond donors (Lipinski definition) is 1. The van der Waals surface area contributed by atoms with Gasteiger partial charge >= 0.3 is 0 Å². The van der Waals surface area contributed by atoms with Gasteiger partial charge in [0.25, 0.3) is 0 Å². The molecule has 2 aromatic carbocycles. The molecule has 1 atom stereocenters. The molecule has 0 radical (unpaired) electrons. The second-order valence-electron chi connectivity index (χ2n) is 6.62. The van der Waals surface area contributed by atoms with Gasteiger partial charge < -0.3 is 9.73 Å². The van der Waals surface area contributed by atoms with E-state index in [1.807, 2.05) is 49.4 Å². The normalized spacial score (nSPS) is 11.9. The molecule has 5 heteroatoms. The molecule has 140 valence electrons. The van der Waals surface area contributed by atoms with Crippen LogP contribution in [-0.2, 0) is 17.6 Å². The van der Waals surface area contributed by atoms with Crippen LogP contribution in [0.2, 0.25) is 0 Å². The van der Waals surface area contributed by atoms with Crippen LogP contribution < -0.4 is 5.32 Å². The van der Waals surface area contributed by atoms with E-state index in [-0.39, 0.29) is 11.9 Å². The molecule has 1 N–H and O–H groups in total. The molecule has 0 aliphatic carbocycles. The number of benzene rings is 2. The summed E-state index contributed by atoms with van der Waals surface area (Å²) >= 11 is 3.42. The second-order valence-corrected chi connectivity index (χ2v) is 7.53. The molecular weight excluding hydrogens is 404 g/mol. The third-order valence-electron chi connectivity index (χ3n) is 4.36. The zero-order chi connectivity index (χ0) is 19.1. The Morgan fingerprint density at radius 3 is 2.59 bits per heavy atom. The number of hydrogen-bond acceptors (Lipinski definition) is 3. The summed E-state index contributed by atoms with van der Waals surface area (Å²) in [6, 6.07) is 18.3. The van der Waals surface area contributed by atoms with Crippen LogP contribution in [0.1, 0.15) is 31.2 Å². The summed E-state index contributed by atoms with van der Waals surface area (Å²) in [5, 5.41) is 3.05. The van der Waals surface area contributed by atoms with E-state index >= 15 is 0 Å². The predicted molar refractivity (Wildman–Crippen MR) is 110 cm³/mol. The fourth-order valence-corrected chi connectivity index (χ4v) is 3.11. The first kappa shape index (κ1) is 19.4. The SMILES string of the molecule is C[C@H](CCc1ccccc1)NC(=O)CCc1ncc(-c2ccc(Br)cc2)o1. The van der Waals surface area contributed by atoms with Gasteiger partial charge in [-0.05, 0) is 37.5 Å². The minimum Gasteiger partial charge on any atom is -0.441 e. The minimum atomic E-state index is 0.0268. The molecule has 0 bridgehead atoms. The standard InChI is InChI=1S/C22H23BrN2O2/c1-16(7-8-17-5-3-2-4-6-17)25-21(26)13-14-22-24-15-20(27-22)18-9-11-19(23)12-10-18/h2-6,9-12,15-16H,7-8,13-14H2,1H3,(H,25,26)/t16-/m1/s1. The number of amides is 1. The van der Waals surface area contributed by atoms with Crippen LogP contribution in [0.15, 0.2) is 69.7 Å². The van der Waals surface area contributed by atoms with E-state index in [0.717, 1.165) is 22.9 Å². The summed E-state index contributed by atoms with van der Waals surface area (Å²) in [7, 11) is 0. The number of carbonyl (C=O) groups is 1. The summed E-state index contributed by atoms with van der Waals surface area (Å²) in [6.07, 6.45) is 4.45. The summed E-state index contributed by atoms with van der Waals surface area (Å²) in [4.78, 5) is 16.5. The van der Waals surface area contributed by atoms with Crippen molar-refractivity contribution >= 4 is 21.8 Å². The Balaban J connectivity index is 1.43. The van der Waals surface area contributed by atoms with E-state index in [2.05, 4.69) is 38.4 Å². The summed E-state index contributed by atoms with van der Waals surface area (Å²) < 4.78 is 6.78. The number of carbonyl (C=O) groups excluding carboxylic acids is 1. The average Bonchev–Trinajstić information content (AvgIpc) is 3.15. The maximum atomic E-state index is 12.2. The summed E-state index contributed by atoms with van der Waals surface area (Å²) in [5.41, 5.74) is 2.26. The van der Waals surface area contributed by atoms with Crippen molar-refractivity contribution in [2.24, 2.45) is 0 Å². The number of aromatic nitrogens is 1. The predicted octanol–water partition coefficient (Wildman–Crippen LogP) is 5.17. The molecule has 1 amide bonds. The number of nitrogens with zero attached hydrogens (tertiary/aromatic N) is 1. The first-order chi connectivity index (χ1) is 13.1. The van der Waals surface area contributed by atoms with Crippen LogP contribution in [0, 0.1) is 0 Å². The topological polar surface area (TPSA) is 55.1 Å². The van der Waals surface area contributed by atoms with Gasteiger partial charge in [0, 0.05) is 28.9 Å². The van der Waals surface area contributed by atoms with E-state index in [4.69, 9.17) is 4.42 Å². The molecule has 3 aromatic rings. The molecule has 1 aromatic heterocycles. The summed E-state index contributed by atoms with van der Waals surface area (Å²) in [6.45, 7) is 2.04. The van der Waals surface area contributed by atoms with Gasteiger partial charge in [-0.15, -0.1) is 0 Å². The first-order valence-electron chi connectivity index (χ1n) is 9.14. The fraction of sp³-hybridized carbons (Fsp3) is 0.273. The largest absolute Gasteiger partial charge is 0.441 e. The quantitative estimate of drug-likeness (QED) is 0.540. The summed E-state index contributed by atoms with van der Waals surface area (Å²) in [5.74, 6) is 1.33. The van der Waals surface area contributed by atoms with Gasteiger partial charge in [0.2, 0.25) is 5.91 Å². The van der Waals surface area contributed by atoms with Gasteiger partial charge in [0.1, 0.15) is 0 Å². The maximum Gasteiger partial charge on any atom is 0.220 e. The van der Waals surface area contributed by atoms with E-state index in [1.165, 1.54) is 5.56 Å². The molecule has 4 nitrogen and oxygen atoms in total. The lowest BCUT2D eigenvalue weighted by molar-refractivity contribution is -0.121. The molecule has 3 rings (SSSR count). The van der Waals surface area contributed by atoms with Crippen LogP contribution in [0.5, 0.6) is 0 Å². The van der Waals surface area contributed by atoms with Crippen LogP contribution >= 0.6 is 15.9 Å². The van der Waals surface area contributed by atoms with Crippen molar-refractivity contribution in [3.63, 3.8) is 0 Å². The monoisotopic (exact) mass is 426 g/mol. The molecule has 0 aliphatic heterocycles. The highest BCUT2D eigenvalue weighted by molar-refractivity contribution is 9.10. The molecule has 27 heavy (non-hydrogen) atoms. The Morgan fingerprint density at radius 1 is 1.11 bits per heavy atom. The van der Waals surface area contributed by atoms with Crippen molar-refractivity contribution in [2.45, 2.75) is 38.6 Å². The van der Waals surface area contributed by atoms with Crippen LogP contribution in [0.4, 0.5) is 0 Å². The van der Waals surface area contributed by atoms with Crippen LogP contribution in [0.25, 0.3) is 11.3 Å². The molecule has 0 saturated carbocycles. The third kappa shape index (κ3) is 6.07. The van der Waals surface area contributed by atoms with E-state index in [0.29, 0.717) is 24.5 Å². The lowest BCUT2D eigenvalue weighted by Crippen LogP contribution is -2.33. The highest BCUT2D eigenvalue weighted by atomic mass is 79.9. The zero-order valence-corrected chi connectivity index (χ0v) is 16.9. The highest BCUT2D eigenvalue weighted by Gasteiger charge is 2.11. The first-order valence-corrected chi connectivity index (χ1v) is 9.93. The Labute approximate surface area is 168 Å². The van der Waals surface area contributed by atoms with E-state index in [9.17, 15) is 4.79 Å². The van der Waals surface area contributed by atoms with Gasteiger partial charge in [-0.25, -0.2) is 4.98 Å². The van der Waals surface area contributed by atoms with Crippen LogP contribution in [0.3, 0.4) is 0 Å². The Morgan fingerprint density at radius 2 is 1.85 bits per heavy atom. The molecule has 0 spiro atoms. The minimum absolute atomic E-state index is 0.0268. The van der Waals surface area contributed by atoms with Crippen molar-refractivity contribution in [1.82, 2.24) is 10.3 Å². The fourth-order valence-electron chi connectivity index (χ4n) is 2.84. The number of halogens is 1. The zero-order valence-electron chi connectivity index (χ0n) is 15.3. The van der Waals surface area contributed by atoms with E-state index < -0.39 is 0 Å². The lowest BCUT2D eigenvalue weighted by Gasteiger charge is -2.13. The van der Waals surface area contributed by atoms with Gasteiger partial charge in [-0.2, -0.15) is 0 Å². The van der Waals surface area contributed by atoms with Crippen molar-refractivity contribution in [1.29, 1.82) is 0 Å². The molecule has 0 saturated heterocycles. The van der Waals surface area contributed by atoms with Gasteiger partial charge in [0.15, 0.2) is 11.7 Å². The third-order valence-corrected chi connectivity index (χ3v) is 4.89. The Bertz CT molecular complexity index is 860. The van der Waals surface area contributed by atoms with Crippen molar-refractivity contribution in [3.05, 3.63) is 76.7 Å². The molecule has 0 fully saturated rings. The average molecular weight is 427 g/mol. The second kappa shape index (κ2) is 9.51. The lowest BCUT2D eigenvalue weighted by atomic mass is 10.1. The van der Waals surface area contributed by atoms with Crippen molar-refractivity contribution in [2.75, 3.05) is 0 Å². The van der Waals surface area contributed by atoms with Crippen molar-refractivity contribution < 1.29 is 9.21 Å². The number of aryl methyl sites for hydroxylation is 2. The van der Waals surface area contributed by atoms with Crippen molar-refractivity contribution in [3.8, 4) is 11.3 Å². The van der Waals surface area contributed by atoms with Crippen LogP contribution in [-0.4, -0.2) is 16.9 Å². The highest BCUT2D eigenvalue weighted by Crippen LogP contribution is 2.22. The van der Waals surface area contributed by atoms with Gasteiger partial charge in [-0.3, -0.25) is 4.79 Å². The number of rotatable bonds is 8. The number of oxazole rings is 1. The van der Waals surface area contributed by atoms with E-state index in [1.54, 1.807) is 6.20 Å². The molecule has 0 unspecified atom stereocenters. The number of nitrogens with one attached hydrogen (secondary N) is 1. The molecular formula is C22H23BrN2O2. The van der Waals surface area contributed by atoms with Gasteiger partial charge in [0.05, 0.1) is 6.20 Å².